The number of allylic oxidation sites excluding steroid dienone is 3. The van der Waals surface area contributed by atoms with Crippen LogP contribution in [-0.2, 0) is 9.59 Å². The van der Waals surface area contributed by atoms with Gasteiger partial charge in [0.15, 0.2) is 10.9 Å². The van der Waals surface area contributed by atoms with E-state index in [-0.39, 0.29) is 17.1 Å². The van der Waals surface area contributed by atoms with Crippen LogP contribution in [0.4, 0.5) is 5.13 Å². The minimum absolute atomic E-state index is 0.0291. The van der Waals surface area contributed by atoms with Gasteiger partial charge < -0.3 is 14.8 Å². The first kappa shape index (κ1) is 24.1. The maximum absolute atomic E-state index is 13.9. The van der Waals surface area contributed by atoms with Crippen molar-refractivity contribution in [1.29, 1.82) is 0 Å². The molecule has 36 heavy (non-hydrogen) atoms. The maximum Gasteiger partial charge on any atom is 0.256 e. The third-order valence-corrected chi connectivity index (χ3v) is 7.70. The Morgan fingerprint density at radius 3 is 2.64 bits per heavy atom. The predicted molar refractivity (Wildman–Crippen MR) is 141 cm³/mol. The van der Waals surface area contributed by atoms with Gasteiger partial charge in [0.05, 0.1) is 30.4 Å². The number of ether oxygens (including phenoxy) is 2. The Bertz CT molecular complexity index is 1420. The number of hydrogen-bond acceptors (Lipinski definition) is 7. The fraction of sp³-hybridized carbons (Fsp3) is 0.321. The summed E-state index contributed by atoms with van der Waals surface area (Å²) in [5, 5.41) is 6.90. The van der Waals surface area contributed by atoms with Crippen LogP contribution in [-0.4, -0.2) is 30.9 Å². The highest BCUT2D eigenvalue weighted by Gasteiger charge is 2.43. The van der Waals surface area contributed by atoms with Gasteiger partial charge in [0.1, 0.15) is 11.5 Å². The second kappa shape index (κ2) is 9.09. The number of para-hydroxylation sites is 1. The Labute approximate surface area is 214 Å². The number of aromatic nitrogens is 1. The number of amides is 1. The molecule has 0 fully saturated rings. The molecule has 1 aliphatic carbocycles. The molecular weight excluding hydrogens is 474 g/mol. The Balaban J connectivity index is 1.64. The molecule has 8 heteroatoms. The molecule has 1 aliphatic heterocycles. The summed E-state index contributed by atoms with van der Waals surface area (Å²) in [6.07, 6.45) is 1.11. The van der Waals surface area contributed by atoms with Gasteiger partial charge in [0.25, 0.3) is 5.91 Å². The van der Waals surface area contributed by atoms with Crippen LogP contribution in [0.2, 0.25) is 0 Å². The molecule has 0 unspecified atom stereocenters. The maximum atomic E-state index is 13.9. The Hall–Kier alpha value is -3.65. The Morgan fingerprint density at radius 2 is 1.92 bits per heavy atom. The molecule has 2 heterocycles. The number of methoxy groups -OCH3 is 2. The van der Waals surface area contributed by atoms with Crippen LogP contribution < -0.4 is 20.1 Å². The van der Waals surface area contributed by atoms with E-state index in [4.69, 9.17) is 9.47 Å². The van der Waals surface area contributed by atoms with Gasteiger partial charge in [-0.2, -0.15) is 0 Å². The van der Waals surface area contributed by atoms with Crippen LogP contribution in [0.25, 0.3) is 10.2 Å². The molecule has 2 aromatic carbocycles. The lowest BCUT2D eigenvalue weighted by atomic mass is 9.68. The molecule has 0 bridgehead atoms. The first-order chi connectivity index (χ1) is 17.2. The molecule has 3 aromatic rings. The molecule has 2 aliphatic rings. The summed E-state index contributed by atoms with van der Waals surface area (Å²) in [5.41, 5.74) is 4.01. The van der Waals surface area contributed by atoms with E-state index in [1.165, 1.54) is 11.3 Å². The molecule has 0 radical (unpaired) electrons. The number of fused-ring (bicyclic) bond motifs is 1. The second-order valence-corrected chi connectivity index (χ2v) is 11.0. The molecule has 7 nitrogen and oxygen atoms in total. The SMILES string of the molecule is COc1ccc(OC)c([C@H]2C(C(=O)Nc3nc4ccccc4s3)=C(C)NC3=C2C(=O)CC(C)(C)C3)c1. The zero-order chi connectivity index (χ0) is 25.6. The number of benzene rings is 2. The highest BCUT2D eigenvalue weighted by atomic mass is 32.1. The molecule has 2 N–H and O–H groups in total. The molecule has 0 saturated carbocycles. The Morgan fingerprint density at radius 1 is 1.14 bits per heavy atom. The lowest BCUT2D eigenvalue weighted by molar-refractivity contribution is -0.118. The van der Waals surface area contributed by atoms with Crippen LogP contribution in [0, 0.1) is 5.41 Å². The average Bonchev–Trinajstić information content (AvgIpc) is 3.24. The first-order valence-electron chi connectivity index (χ1n) is 11.8. The number of ketones is 1. The summed E-state index contributed by atoms with van der Waals surface area (Å²) in [5.74, 6) is 0.327. The summed E-state index contributed by atoms with van der Waals surface area (Å²) in [6, 6.07) is 13.2. The van der Waals surface area contributed by atoms with Crippen molar-refractivity contribution in [2.24, 2.45) is 5.41 Å². The van der Waals surface area contributed by atoms with E-state index in [1.54, 1.807) is 14.2 Å². The number of carbonyl (C=O) groups excluding carboxylic acids is 2. The van der Waals surface area contributed by atoms with E-state index >= 15 is 0 Å². The summed E-state index contributed by atoms with van der Waals surface area (Å²) in [4.78, 5) is 32.0. The lowest BCUT2D eigenvalue weighted by Crippen LogP contribution is -2.39. The number of rotatable bonds is 5. The van der Waals surface area contributed by atoms with Crippen LogP contribution >= 0.6 is 11.3 Å². The van der Waals surface area contributed by atoms with Crippen LogP contribution in [0.1, 0.15) is 45.1 Å². The predicted octanol–water partition coefficient (Wildman–Crippen LogP) is 5.56. The quantitative estimate of drug-likeness (QED) is 0.474. The molecule has 1 amide bonds. The van der Waals surface area contributed by atoms with E-state index in [9.17, 15) is 9.59 Å². The fourth-order valence-electron chi connectivity index (χ4n) is 5.20. The highest BCUT2D eigenvalue weighted by molar-refractivity contribution is 7.22. The van der Waals surface area contributed by atoms with Crippen LogP contribution in [0.3, 0.4) is 0 Å². The third kappa shape index (κ3) is 4.26. The van der Waals surface area contributed by atoms with Gasteiger partial charge >= 0.3 is 0 Å². The Kier molecular flexibility index (Phi) is 6.08. The van der Waals surface area contributed by atoms with Crippen molar-refractivity contribution in [3.05, 3.63) is 70.6 Å². The smallest absolute Gasteiger partial charge is 0.256 e. The van der Waals surface area contributed by atoms with Crippen LogP contribution in [0.5, 0.6) is 11.5 Å². The number of nitrogens with zero attached hydrogens (tertiary/aromatic N) is 1. The number of nitrogens with one attached hydrogen (secondary N) is 2. The van der Waals surface area contributed by atoms with Gasteiger partial charge in [-0.05, 0) is 49.1 Å². The lowest BCUT2D eigenvalue weighted by Gasteiger charge is -2.39. The number of Topliss-reactive ketones (excluding diaryl/α,β-unsaturated/α-hetero) is 1. The van der Waals surface area contributed by atoms with E-state index in [0.717, 1.165) is 15.9 Å². The van der Waals surface area contributed by atoms with E-state index in [2.05, 4.69) is 29.5 Å². The largest absolute Gasteiger partial charge is 0.497 e. The minimum atomic E-state index is -0.607. The third-order valence-electron chi connectivity index (χ3n) is 6.75. The normalized spacial score (nSPS) is 19.1. The summed E-state index contributed by atoms with van der Waals surface area (Å²) >= 11 is 1.41. The van der Waals surface area contributed by atoms with Gasteiger partial charge in [-0.15, -0.1) is 0 Å². The first-order valence-corrected chi connectivity index (χ1v) is 12.7. The topological polar surface area (TPSA) is 89.6 Å². The number of anilines is 1. The van der Waals surface area contributed by atoms with Gasteiger partial charge in [-0.3, -0.25) is 14.9 Å². The summed E-state index contributed by atoms with van der Waals surface area (Å²) in [7, 11) is 3.18. The van der Waals surface area contributed by atoms with E-state index in [1.807, 2.05) is 49.4 Å². The van der Waals surface area contributed by atoms with Gasteiger partial charge in [-0.25, -0.2) is 4.98 Å². The highest BCUT2D eigenvalue weighted by Crippen LogP contribution is 2.49. The van der Waals surface area contributed by atoms with Crippen LogP contribution in [0.15, 0.2) is 65.0 Å². The standard InChI is InChI=1S/C28H29N3O4S/c1-15-23(26(33)31-27-30-18-8-6-7-9-22(18)36-27)24(17-12-16(34-4)10-11-21(17)35-5)25-19(29-15)13-28(2,3)14-20(25)32/h6-12,24,29H,13-14H2,1-5H3,(H,30,31,33)/t24-/m0/s1. The van der Waals surface area contributed by atoms with Crippen molar-refractivity contribution in [2.75, 3.05) is 19.5 Å². The van der Waals surface area contributed by atoms with Crippen molar-refractivity contribution in [2.45, 2.75) is 39.5 Å². The average molecular weight is 504 g/mol. The summed E-state index contributed by atoms with van der Waals surface area (Å²) < 4.78 is 12.2. The fourth-order valence-corrected chi connectivity index (χ4v) is 6.06. The number of thiazole rings is 1. The van der Waals surface area contributed by atoms with E-state index < -0.39 is 5.92 Å². The second-order valence-electron chi connectivity index (χ2n) is 9.98. The molecular formula is C28H29N3O4S. The van der Waals surface area contributed by atoms with Crippen molar-refractivity contribution in [3.8, 4) is 11.5 Å². The zero-order valence-electron chi connectivity index (χ0n) is 21.0. The number of hydrogen-bond donors (Lipinski definition) is 2. The molecule has 0 spiro atoms. The van der Waals surface area contributed by atoms with Gasteiger partial charge in [0, 0.05) is 34.5 Å². The van der Waals surface area contributed by atoms with Crippen molar-refractivity contribution in [1.82, 2.24) is 10.3 Å². The zero-order valence-corrected chi connectivity index (χ0v) is 21.8. The van der Waals surface area contributed by atoms with Gasteiger partial charge in [-0.1, -0.05) is 37.3 Å². The number of carbonyl (C=O) groups is 2. The van der Waals surface area contributed by atoms with Crippen molar-refractivity contribution >= 4 is 38.4 Å². The van der Waals surface area contributed by atoms with Crippen molar-refractivity contribution in [3.63, 3.8) is 0 Å². The number of dihydropyridines is 1. The molecule has 5 rings (SSSR count). The molecule has 1 atom stereocenters. The van der Waals surface area contributed by atoms with E-state index in [0.29, 0.717) is 51.9 Å². The summed E-state index contributed by atoms with van der Waals surface area (Å²) in [6.45, 7) is 6.06. The van der Waals surface area contributed by atoms with Gasteiger partial charge in [0.2, 0.25) is 0 Å². The molecule has 186 valence electrons. The minimum Gasteiger partial charge on any atom is -0.497 e. The molecule has 1 aromatic heterocycles. The monoisotopic (exact) mass is 503 g/mol. The van der Waals surface area contributed by atoms with Crippen molar-refractivity contribution < 1.29 is 19.1 Å². The molecule has 0 saturated heterocycles.